The Bertz CT molecular complexity index is 1560. The first kappa shape index (κ1) is 25.8. The molecule has 2 N–H and O–H groups in total. The Labute approximate surface area is 212 Å². The van der Waals surface area contributed by atoms with Gasteiger partial charge >= 0.3 is 17.9 Å². The van der Waals surface area contributed by atoms with Crippen molar-refractivity contribution in [2.45, 2.75) is 24.6 Å². The fourth-order valence-electron chi connectivity index (χ4n) is 4.18. The topological polar surface area (TPSA) is 92.7 Å². The van der Waals surface area contributed by atoms with Crippen LogP contribution < -0.4 is 5.76 Å². The highest BCUT2D eigenvalue weighted by molar-refractivity contribution is 6.34. The van der Waals surface area contributed by atoms with Crippen LogP contribution in [0, 0.1) is 0 Å². The summed E-state index contributed by atoms with van der Waals surface area (Å²) in [6.45, 7) is 1.19. The number of carbonyl (C=O) groups is 1. The third kappa shape index (κ3) is 4.17. The van der Waals surface area contributed by atoms with E-state index in [2.05, 4.69) is 0 Å². The molecule has 0 radical (unpaired) electrons. The third-order valence-electron chi connectivity index (χ3n) is 6.29. The maximum absolute atomic E-state index is 14.4. The first-order valence-corrected chi connectivity index (χ1v) is 11.2. The van der Waals surface area contributed by atoms with Crippen LogP contribution in [0.2, 0.25) is 10.0 Å². The van der Waals surface area contributed by atoms with Crippen molar-refractivity contribution in [1.29, 1.82) is 0 Å². The van der Waals surface area contributed by atoms with E-state index in [0.29, 0.717) is 11.1 Å². The van der Waals surface area contributed by atoms with Gasteiger partial charge in [0.15, 0.2) is 11.2 Å². The zero-order chi connectivity index (χ0) is 26.6. The molecule has 0 aliphatic carbocycles. The summed E-state index contributed by atoms with van der Waals surface area (Å²) in [4.78, 5) is 23.0. The summed E-state index contributed by atoms with van der Waals surface area (Å²) in [5.74, 6) is -3.51. The summed E-state index contributed by atoms with van der Waals surface area (Å²) in [6.07, 6.45) is -5.11. The van der Waals surface area contributed by atoms with Gasteiger partial charge in [0.1, 0.15) is 0 Å². The van der Waals surface area contributed by atoms with Crippen LogP contribution in [0.25, 0.3) is 22.2 Å². The highest BCUT2D eigenvalue weighted by Crippen LogP contribution is 2.50. The lowest BCUT2D eigenvalue weighted by atomic mass is 9.77. The fraction of sp³-hybridized carbons (Fsp3) is 0.200. The molecule has 0 saturated heterocycles. The molecule has 4 rings (SSSR count). The van der Waals surface area contributed by atoms with Gasteiger partial charge in [0.05, 0.1) is 16.1 Å². The van der Waals surface area contributed by atoms with Crippen molar-refractivity contribution in [3.05, 3.63) is 91.9 Å². The predicted molar refractivity (Wildman–Crippen MR) is 129 cm³/mol. The molecule has 0 unspecified atom stereocenters. The maximum atomic E-state index is 14.4. The zero-order valence-corrected chi connectivity index (χ0v) is 20.2. The van der Waals surface area contributed by atoms with E-state index in [0.717, 1.165) is 16.7 Å². The van der Waals surface area contributed by atoms with E-state index >= 15 is 0 Å². The van der Waals surface area contributed by atoms with Crippen LogP contribution in [-0.2, 0) is 12.6 Å². The van der Waals surface area contributed by atoms with Gasteiger partial charge in [-0.05, 0) is 52.6 Å². The number of hydrogen-bond donors (Lipinski definition) is 2. The second-order valence-electron chi connectivity index (χ2n) is 8.33. The minimum atomic E-state index is -5.11. The molecule has 0 bridgehead atoms. The van der Waals surface area contributed by atoms with Crippen LogP contribution in [0.5, 0.6) is 0 Å². The van der Waals surface area contributed by atoms with Gasteiger partial charge in [0.25, 0.3) is 0 Å². The summed E-state index contributed by atoms with van der Waals surface area (Å²) in [7, 11) is 1.41. The first-order valence-electron chi connectivity index (χ1n) is 10.5. The van der Waals surface area contributed by atoms with Crippen LogP contribution >= 0.6 is 23.2 Å². The molecule has 188 valence electrons. The van der Waals surface area contributed by atoms with Crippen molar-refractivity contribution < 1.29 is 32.6 Å². The summed E-state index contributed by atoms with van der Waals surface area (Å²) < 4.78 is 49.3. The molecular weight excluding hydrogens is 522 g/mol. The summed E-state index contributed by atoms with van der Waals surface area (Å²) in [5, 5.41) is 20.2. The first-order chi connectivity index (χ1) is 16.8. The minimum Gasteiger partial charge on any atom is -0.478 e. The molecule has 1 heterocycles. The van der Waals surface area contributed by atoms with Crippen LogP contribution in [0.3, 0.4) is 0 Å². The van der Waals surface area contributed by atoms with Gasteiger partial charge in [0, 0.05) is 18.0 Å². The lowest BCUT2D eigenvalue weighted by Crippen LogP contribution is -2.46. The highest BCUT2D eigenvalue weighted by atomic mass is 35.5. The molecule has 11 heteroatoms. The SMILES string of the molecule is C[C@H](c1ccc(-c2ccc(C(=O)O)c(Cl)c2)cc1Cl)[C@@](O)(c1ccc2c(c1)oc(=O)n2C)C(F)(F)F. The number of hydrogen-bond acceptors (Lipinski definition) is 4. The third-order valence-corrected chi connectivity index (χ3v) is 6.93. The van der Waals surface area contributed by atoms with E-state index < -0.39 is 35.0 Å². The van der Waals surface area contributed by atoms with Gasteiger partial charge in [-0.2, -0.15) is 13.2 Å². The number of aromatic nitrogens is 1. The van der Waals surface area contributed by atoms with Crippen molar-refractivity contribution in [2.75, 3.05) is 0 Å². The molecule has 0 saturated carbocycles. The lowest BCUT2D eigenvalue weighted by molar-refractivity contribution is -0.274. The van der Waals surface area contributed by atoms with Crippen molar-refractivity contribution in [2.24, 2.45) is 7.05 Å². The maximum Gasteiger partial charge on any atom is 0.422 e. The van der Waals surface area contributed by atoms with Crippen LogP contribution in [0.1, 0.15) is 34.3 Å². The van der Waals surface area contributed by atoms with Crippen LogP contribution in [-0.4, -0.2) is 26.9 Å². The summed E-state index contributed by atoms with van der Waals surface area (Å²) in [6, 6.07) is 11.9. The molecule has 6 nitrogen and oxygen atoms in total. The monoisotopic (exact) mass is 539 g/mol. The quantitative estimate of drug-likeness (QED) is 0.308. The van der Waals surface area contributed by atoms with E-state index in [1.807, 2.05) is 0 Å². The largest absolute Gasteiger partial charge is 0.478 e. The predicted octanol–water partition coefficient (Wildman–Crippen LogP) is 6.36. The van der Waals surface area contributed by atoms with Crippen LogP contribution in [0.4, 0.5) is 13.2 Å². The Hall–Kier alpha value is -3.27. The van der Waals surface area contributed by atoms with Crippen LogP contribution in [0.15, 0.2) is 63.8 Å². The van der Waals surface area contributed by atoms with Crippen molar-refractivity contribution >= 4 is 40.3 Å². The number of fused-ring (bicyclic) bond motifs is 1. The molecule has 3 aromatic carbocycles. The number of aromatic carboxylic acids is 1. The van der Waals surface area contributed by atoms with E-state index in [9.17, 15) is 27.9 Å². The molecule has 0 fully saturated rings. The van der Waals surface area contributed by atoms with Gasteiger partial charge < -0.3 is 14.6 Å². The van der Waals surface area contributed by atoms with Gasteiger partial charge in [-0.1, -0.05) is 54.4 Å². The van der Waals surface area contributed by atoms with E-state index in [1.165, 1.54) is 56.4 Å². The molecule has 36 heavy (non-hydrogen) atoms. The molecule has 1 aromatic heterocycles. The number of aryl methyl sites for hydroxylation is 1. The van der Waals surface area contributed by atoms with E-state index in [-0.39, 0.29) is 32.3 Å². The molecular formula is C25H18Cl2F3NO5. The van der Waals surface area contributed by atoms with Crippen molar-refractivity contribution in [3.8, 4) is 11.1 Å². The molecule has 0 aliphatic rings. The molecule has 0 spiro atoms. The fourth-order valence-corrected chi connectivity index (χ4v) is 4.79. The number of aliphatic hydroxyl groups is 1. The second kappa shape index (κ2) is 8.99. The normalized spacial score (nSPS) is 14.6. The summed E-state index contributed by atoms with van der Waals surface area (Å²) >= 11 is 12.4. The Kier molecular flexibility index (Phi) is 6.45. The van der Waals surface area contributed by atoms with Gasteiger partial charge in [0.2, 0.25) is 0 Å². The Balaban J connectivity index is 1.78. The van der Waals surface area contributed by atoms with Gasteiger partial charge in [-0.3, -0.25) is 4.57 Å². The smallest absolute Gasteiger partial charge is 0.422 e. The number of halogens is 5. The number of alkyl halides is 3. The lowest BCUT2D eigenvalue weighted by Gasteiger charge is -2.37. The van der Waals surface area contributed by atoms with E-state index in [4.69, 9.17) is 32.7 Å². The minimum absolute atomic E-state index is 0.0111. The summed E-state index contributed by atoms with van der Waals surface area (Å²) in [5.41, 5.74) is -2.80. The number of rotatable bonds is 5. The number of nitrogens with zero attached hydrogens (tertiary/aromatic N) is 1. The number of benzene rings is 3. The number of oxazole rings is 1. The average molecular weight is 540 g/mol. The van der Waals surface area contributed by atoms with Gasteiger partial charge in [-0.25, -0.2) is 9.59 Å². The Morgan fingerprint density at radius 1 is 1.00 bits per heavy atom. The average Bonchev–Trinajstić information content (AvgIpc) is 3.09. The van der Waals surface area contributed by atoms with E-state index in [1.54, 1.807) is 0 Å². The molecule has 0 amide bonds. The second-order valence-corrected chi connectivity index (χ2v) is 9.15. The molecule has 0 aliphatic heterocycles. The zero-order valence-electron chi connectivity index (χ0n) is 18.7. The highest BCUT2D eigenvalue weighted by Gasteiger charge is 2.59. The molecule has 4 aromatic rings. The Morgan fingerprint density at radius 2 is 1.61 bits per heavy atom. The Morgan fingerprint density at radius 3 is 2.17 bits per heavy atom. The standard InChI is InChI=1S/C25H18Cl2F3NO5/c1-12(16-6-3-13(9-18(16)26)14-4-7-17(22(32)33)19(27)10-14)24(35,25(28,29)30)15-5-8-20-21(11-15)36-23(34)31(20)2/h3-12,35H,1-2H3,(H,32,33)/t12-,24-/m1/s1. The van der Waals surface area contributed by atoms with Gasteiger partial charge in [-0.15, -0.1) is 0 Å². The molecule has 2 atom stereocenters. The number of carboxylic acids is 1. The van der Waals surface area contributed by atoms with Crippen molar-refractivity contribution in [3.63, 3.8) is 0 Å². The van der Waals surface area contributed by atoms with Crippen molar-refractivity contribution in [1.82, 2.24) is 4.57 Å². The number of carboxylic acid groups (broad SMARTS) is 1.